The molecular weight excluding hydrogens is 424 g/mol. The lowest BCUT2D eigenvalue weighted by atomic mass is 9.84. The molecule has 2 amide bonds. The number of hydrogen-bond donors (Lipinski definition) is 1. The van der Waals surface area contributed by atoms with Gasteiger partial charge in [-0.2, -0.15) is 0 Å². The average Bonchev–Trinajstić information content (AvgIpc) is 3.01. The maximum Gasteiger partial charge on any atom is 0.407 e. The third kappa shape index (κ3) is 4.22. The van der Waals surface area contributed by atoms with Crippen LogP contribution in [0, 0.1) is 5.41 Å². The van der Waals surface area contributed by atoms with Crippen molar-refractivity contribution in [2.75, 3.05) is 19.6 Å². The molecule has 0 aliphatic carbocycles. The highest BCUT2D eigenvalue weighted by Crippen LogP contribution is 2.29. The van der Waals surface area contributed by atoms with E-state index in [2.05, 4.69) is 20.9 Å². The van der Waals surface area contributed by atoms with Crippen LogP contribution >= 0.6 is 15.9 Å². The zero-order valence-corrected chi connectivity index (χ0v) is 17.9. The molecule has 3 rings (SSSR count). The molecule has 1 N–H and O–H groups in total. The average molecular weight is 449 g/mol. The Morgan fingerprint density at radius 1 is 1.21 bits per heavy atom. The molecule has 2 aromatic rings. The summed E-state index contributed by atoms with van der Waals surface area (Å²) in [5, 5.41) is 9.48. The molecule has 0 spiro atoms. The number of halogens is 1. The molecule has 0 radical (unpaired) electrons. The first-order valence-corrected chi connectivity index (χ1v) is 10.0. The zero-order chi connectivity index (χ0) is 20.5. The fraction of sp³-hybridized carbons (Fsp3) is 0.450. The van der Waals surface area contributed by atoms with Crippen LogP contribution < -0.4 is 0 Å². The lowest BCUT2D eigenvalue weighted by Crippen LogP contribution is -2.60. The largest absolute Gasteiger partial charge is 0.465 e. The molecule has 2 heterocycles. The van der Waals surface area contributed by atoms with E-state index in [0.717, 1.165) is 15.9 Å². The molecule has 1 aromatic heterocycles. The quantitative estimate of drug-likeness (QED) is 0.778. The molecule has 7 nitrogen and oxygen atoms in total. The monoisotopic (exact) mass is 448 g/mol. The molecule has 8 heteroatoms. The fourth-order valence-corrected chi connectivity index (χ4v) is 4.04. The minimum absolute atomic E-state index is 0.0444. The summed E-state index contributed by atoms with van der Waals surface area (Å²) < 4.78 is 2.53. The fourth-order valence-electron chi connectivity index (χ4n) is 3.49. The number of nitrogens with zero attached hydrogens (tertiary/aromatic N) is 4. The predicted molar refractivity (Wildman–Crippen MR) is 110 cm³/mol. The summed E-state index contributed by atoms with van der Waals surface area (Å²) in [6.07, 6.45) is 0.718. The van der Waals surface area contributed by atoms with Crippen molar-refractivity contribution in [1.29, 1.82) is 0 Å². The molecule has 1 aliphatic rings. The van der Waals surface area contributed by atoms with E-state index < -0.39 is 6.09 Å². The molecule has 1 fully saturated rings. The number of benzene rings is 1. The van der Waals surface area contributed by atoms with Crippen LogP contribution in [0.1, 0.15) is 20.8 Å². The van der Waals surface area contributed by atoms with Crippen LogP contribution in [0.25, 0.3) is 11.3 Å². The molecule has 150 valence electrons. The van der Waals surface area contributed by atoms with E-state index in [4.69, 9.17) is 0 Å². The van der Waals surface area contributed by atoms with Crippen molar-refractivity contribution in [3.05, 3.63) is 41.3 Å². The highest BCUT2D eigenvalue weighted by Gasteiger charge is 2.39. The standard InChI is InChI=1S/C20H25BrN4O3/c1-20(2,3)15-11-23(9-10-25(15)19(27)28)16(26)12-24-13-22-17(18(24)21)14-7-5-4-6-8-14/h4-8,13,15H,9-12H2,1-3H3,(H,27,28). The van der Waals surface area contributed by atoms with E-state index in [0.29, 0.717) is 19.6 Å². The number of hydrogen-bond acceptors (Lipinski definition) is 3. The number of rotatable bonds is 3. The molecule has 0 saturated carbocycles. The van der Waals surface area contributed by atoms with Gasteiger partial charge in [-0.05, 0) is 21.3 Å². The van der Waals surface area contributed by atoms with E-state index in [1.165, 1.54) is 4.90 Å². The van der Waals surface area contributed by atoms with Crippen molar-refractivity contribution in [1.82, 2.24) is 19.4 Å². The Hall–Kier alpha value is -2.35. The van der Waals surface area contributed by atoms with Crippen molar-refractivity contribution in [2.24, 2.45) is 5.41 Å². The van der Waals surface area contributed by atoms with Crippen LogP contribution in [0.15, 0.2) is 41.3 Å². The van der Waals surface area contributed by atoms with E-state index in [1.807, 2.05) is 51.1 Å². The third-order valence-corrected chi connectivity index (χ3v) is 5.94. The van der Waals surface area contributed by atoms with E-state index >= 15 is 0 Å². The Labute approximate surface area is 173 Å². The summed E-state index contributed by atoms with van der Waals surface area (Å²) in [6, 6.07) is 9.53. The summed E-state index contributed by atoms with van der Waals surface area (Å²) in [7, 11) is 0. The Morgan fingerprint density at radius 2 is 1.89 bits per heavy atom. The minimum Gasteiger partial charge on any atom is -0.465 e. The van der Waals surface area contributed by atoms with Gasteiger partial charge in [-0.1, -0.05) is 51.1 Å². The molecule has 28 heavy (non-hydrogen) atoms. The molecular formula is C20H25BrN4O3. The van der Waals surface area contributed by atoms with Gasteiger partial charge < -0.3 is 19.5 Å². The van der Waals surface area contributed by atoms with Gasteiger partial charge in [0.1, 0.15) is 16.8 Å². The second-order valence-corrected chi connectivity index (χ2v) is 8.83. The van der Waals surface area contributed by atoms with Crippen LogP contribution in [0.2, 0.25) is 0 Å². The second-order valence-electron chi connectivity index (χ2n) is 8.08. The van der Waals surface area contributed by atoms with Crippen LogP contribution in [-0.4, -0.2) is 62.1 Å². The summed E-state index contributed by atoms with van der Waals surface area (Å²) >= 11 is 3.56. The highest BCUT2D eigenvalue weighted by atomic mass is 79.9. The number of carbonyl (C=O) groups is 2. The molecule has 1 aromatic carbocycles. The summed E-state index contributed by atoms with van der Waals surface area (Å²) in [5.74, 6) is -0.0444. The van der Waals surface area contributed by atoms with Crippen molar-refractivity contribution >= 4 is 27.9 Å². The Kier molecular flexibility index (Phi) is 5.79. The molecule has 1 atom stereocenters. The lowest BCUT2D eigenvalue weighted by molar-refractivity contribution is -0.135. The van der Waals surface area contributed by atoms with E-state index in [-0.39, 0.29) is 23.9 Å². The maximum atomic E-state index is 12.9. The van der Waals surface area contributed by atoms with Gasteiger partial charge in [0.05, 0.1) is 12.4 Å². The third-order valence-electron chi connectivity index (χ3n) is 5.11. The van der Waals surface area contributed by atoms with Crippen molar-refractivity contribution in [3.63, 3.8) is 0 Å². The minimum atomic E-state index is -0.933. The molecule has 1 unspecified atom stereocenters. The van der Waals surface area contributed by atoms with Crippen LogP contribution in [0.3, 0.4) is 0 Å². The van der Waals surface area contributed by atoms with Crippen molar-refractivity contribution in [2.45, 2.75) is 33.4 Å². The van der Waals surface area contributed by atoms with Gasteiger partial charge in [0.15, 0.2) is 0 Å². The second kappa shape index (κ2) is 7.95. The van der Waals surface area contributed by atoms with Crippen molar-refractivity contribution < 1.29 is 14.7 Å². The predicted octanol–water partition coefficient (Wildman–Crippen LogP) is 3.55. The number of aromatic nitrogens is 2. The van der Waals surface area contributed by atoms with Crippen LogP contribution in [0.4, 0.5) is 4.79 Å². The van der Waals surface area contributed by atoms with Gasteiger partial charge in [-0.15, -0.1) is 0 Å². The summed E-state index contributed by atoms with van der Waals surface area (Å²) in [6.45, 7) is 7.27. The first-order valence-electron chi connectivity index (χ1n) is 9.22. The Morgan fingerprint density at radius 3 is 2.50 bits per heavy atom. The van der Waals surface area contributed by atoms with Gasteiger partial charge in [0.25, 0.3) is 0 Å². The maximum absolute atomic E-state index is 12.9. The van der Waals surface area contributed by atoms with Gasteiger partial charge in [-0.25, -0.2) is 9.78 Å². The first-order chi connectivity index (χ1) is 13.2. The first kappa shape index (κ1) is 20.4. The number of imidazole rings is 1. The summed E-state index contributed by atoms with van der Waals surface area (Å²) in [5.41, 5.74) is 1.51. The van der Waals surface area contributed by atoms with E-state index in [9.17, 15) is 14.7 Å². The molecule has 1 saturated heterocycles. The van der Waals surface area contributed by atoms with Crippen LogP contribution in [-0.2, 0) is 11.3 Å². The topological polar surface area (TPSA) is 78.7 Å². The van der Waals surface area contributed by atoms with Gasteiger partial charge in [-0.3, -0.25) is 4.79 Å². The normalized spacial score (nSPS) is 17.6. The van der Waals surface area contributed by atoms with Gasteiger partial charge in [0.2, 0.25) is 5.91 Å². The van der Waals surface area contributed by atoms with Gasteiger partial charge in [0, 0.05) is 25.2 Å². The Balaban J connectivity index is 1.73. The smallest absolute Gasteiger partial charge is 0.407 e. The van der Waals surface area contributed by atoms with Crippen molar-refractivity contribution in [3.8, 4) is 11.3 Å². The zero-order valence-electron chi connectivity index (χ0n) is 16.3. The molecule has 1 aliphatic heterocycles. The Bertz CT molecular complexity index is 860. The summed E-state index contributed by atoms with van der Waals surface area (Å²) in [4.78, 5) is 32.1. The highest BCUT2D eigenvalue weighted by molar-refractivity contribution is 9.10. The number of piperazine rings is 1. The van der Waals surface area contributed by atoms with E-state index in [1.54, 1.807) is 15.8 Å². The SMILES string of the molecule is CC(C)(C)C1CN(C(=O)Cn2cnc(-c3ccccc3)c2Br)CCN1C(=O)O. The molecule has 0 bridgehead atoms. The number of carboxylic acid groups (broad SMARTS) is 1. The lowest BCUT2D eigenvalue weighted by Gasteiger charge is -2.46. The number of amides is 2. The number of carbonyl (C=O) groups excluding carboxylic acids is 1. The van der Waals surface area contributed by atoms with Crippen LogP contribution in [0.5, 0.6) is 0 Å². The van der Waals surface area contributed by atoms with Gasteiger partial charge >= 0.3 is 6.09 Å².